The molecule has 1 N–H and O–H groups in total. The molecule has 2 aromatic carbocycles. The number of anilines is 1. The maximum absolute atomic E-state index is 13.0. The fourth-order valence-electron chi connectivity index (χ4n) is 4.58. The topological polar surface area (TPSA) is 68.1 Å². The van der Waals surface area contributed by atoms with Crippen LogP contribution in [0.4, 0.5) is 10.5 Å². The standard InChI is InChI=1S/C27H28N4O3/c1-33-22-13-11-21(12-14-22)28-27(32)30-15-6-8-20(18-30)26-29-25(24-10-3-4-16-31(24)26)19-7-5-9-23(17-19)34-2/h3-5,7,9-14,16-17,20H,6,8,15,18H2,1-2H3,(H,28,32). The minimum absolute atomic E-state index is 0.0938. The van der Waals surface area contributed by atoms with Crippen molar-refractivity contribution in [3.05, 3.63) is 78.8 Å². The van der Waals surface area contributed by atoms with Crippen LogP contribution in [0, 0.1) is 0 Å². The zero-order valence-corrected chi connectivity index (χ0v) is 19.4. The molecule has 7 heteroatoms. The van der Waals surface area contributed by atoms with Crippen LogP contribution in [0.25, 0.3) is 16.8 Å². The minimum atomic E-state index is -0.0938. The maximum Gasteiger partial charge on any atom is 0.321 e. The number of hydrogen-bond acceptors (Lipinski definition) is 4. The lowest BCUT2D eigenvalue weighted by Gasteiger charge is -2.32. The van der Waals surface area contributed by atoms with Crippen molar-refractivity contribution in [1.29, 1.82) is 0 Å². The Morgan fingerprint density at radius 3 is 2.62 bits per heavy atom. The second-order valence-electron chi connectivity index (χ2n) is 8.45. The van der Waals surface area contributed by atoms with Gasteiger partial charge in [0.25, 0.3) is 0 Å². The number of urea groups is 1. The van der Waals surface area contributed by atoms with Gasteiger partial charge in [-0.25, -0.2) is 9.78 Å². The fourth-order valence-corrected chi connectivity index (χ4v) is 4.58. The van der Waals surface area contributed by atoms with E-state index in [1.54, 1.807) is 14.2 Å². The van der Waals surface area contributed by atoms with Gasteiger partial charge < -0.3 is 24.1 Å². The number of ether oxygens (including phenoxy) is 2. The van der Waals surface area contributed by atoms with Gasteiger partial charge in [0.1, 0.15) is 17.3 Å². The molecule has 2 amide bonds. The third-order valence-electron chi connectivity index (χ3n) is 6.33. The molecule has 7 nitrogen and oxygen atoms in total. The molecule has 1 fully saturated rings. The molecule has 174 valence electrons. The number of amides is 2. The monoisotopic (exact) mass is 456 g/mol. The smallest absolute Gasteiger partial charge is 0.321 e. The average molecular weight is 457 g/mol. The van der Waals surface area contributed by atoms with Crippen molar-refractivity contribution in [2.75, 3.05) is 32.6 Å². The first kappa shape index (κ1) is 21.8. The molecule has 34 heavy (non-hydrogen) atoms. The summed E-state index contributed by atoms with van der Waals surface area (Å²) in [5.41, 5.74) is 3.73. The van der Waals surface area contributed by atoms with E-state index in [2.05, 4.69) is 28.0 Å². The van der Waals surface area contributed by atoms with Crippen molar-refractivity contribution in [2.45, 2.75) is 18.8 Å². The number of hydrogen-bond donors (Lipinski definition) is 1. The molecule has 0 aliphatic carbocycles. The van der Waals surface area contributed by atoms with Gasteiger partial charge in [0.15, 0.2) is 0 Å². The molecule has 0 saturated carbocycles. The lowest BCUT2D eigenvalue weighted by molar-refractivity contribution is 0.191. The largest absolute Gasteiger partial charge is 0.497 e. The van der Waals surface area contributed by atoms with Gasteiger partial charge in [-0.3, -0.25) is 0 Å². The average Bonchev–Trinajstić information content (AvgIpc) is 3.29. The zero-order chi connectivity index (χ0) is 23.5. The number of nitrogens with one attached hydrogen (secondary N) is 1. The number of carbonyl (C=O) groups is 1. The molecule has 5 rings (SSSR count). The summed E-state index contributed by atoms with van der Waals surface area (Å²) in [6.45, 7) is 1.35. The van der Waals surface area contributed by atoms with Crippen molar-refractivity contribution in [3.8, 4) is 22.8 Å². The molecule has 2 aromatic heterocycles. The molecule has 3 heterocycles. The highest BCUT2D eigenvalue weighted by atomic mass is 16.5. The van der Waals surface area contributed by atoms with Gasteiger partial charge >= 0.3 is 6.03 Å². The van der Waals surface area contributed by atoms with Crippen LogP contribution in [0.5, 0.6) is 11.5 Å². The van der Waals surface area contributed by atoms with E-state index in [4.69, 9.17) is 14.5 Å². The van der Waals surface area contributed by atoms with Gasteiger partial charge in [-0.1, -0.05) is 18.2 Å². The quantitative estimate of drug-likeness (QED) is 0.435. The number of benzene rings is 2. The summed E-state index contributed by atoms with van der Waals surface area (Å²) in [6, 6.07) is 21.4. The van der Waals surface area contributed by atoms with Gasteiger partial charge in [0.2, 0.25) is 0 Å². The summed E-state index contributed by atoms with van der Waals surface area (Å²) in [7, 11) is 3.30. The third kappa shape index (κ3) is 4.29. The number of nitrogens with zero attached hydrogens (tertiary/aromatic N) is 3. The molecular weight excluding hydrogens is 428 g/mol. The lowest BCUT2D eigenvalue weighted by Crippen LogP contribution is -2.42. The Morgan fingerprint density at radius 1 is 1.00 bits per heavy atom. The van der Waals surface area contributed by atoms with Crippen LogP contribution < -0.4 is 14.8 Å². The van der Waals surface area contributed by atoms with Gasteiger partial charge in [-0.15, -0.1) is 0 Å². The van der Waals surface area contributed by atoms with Gasteiger partial charge in [-0.2, -0.15) is 0 Å². The van der Waals surface area contributed by atoms with Gasteiger partial charge in [-0.05, 0) is 61.4 Å². The number of piperidine rings is 1. The molecule has 0 spiro atoms. The van der Waals surface area contributed by atoms with E-state index in [0.717, 1.165) is 59.2 Å². The normalized spacial score (nSPS) is 15.8. The number of aromatic nitrogens is 2. The first-order chi connectivity index (χ1) is 16.7. The first-order valence-corrected chi connectivity index (χ1v) is 11.5. The summed E-state index contributed by atoms with van der Waals surface area (Å²) >= 11 is 0. The summed E-state index contributed by atoms with van der Waals surface area (Å²) < 4.78 is 12.8. The SMILES string of the molecule is COc1ccc(NC(=O)N2CCCC(c3nc(-c4cccc(OC)c4)c4ccccn34)C2)cc1. The van der Waals surface area contributed by atoms with E-state index in [0.29, 0.717) is 6.54 Å². The molecule has 0 bridgehead atoms. The Balaban J connectivity index is 1.40. The predicted molar refractivity (Wildman–Crippen MR) is 133 cm³/mol. The first-order valence-electron chi connectivity index (χ1n) is 11.5. The molecule has 4 aromatic rings. The number of fused-ring (bicyclic) bond motifs is 1. The Kier molecular flexibility index (Phi) is 6.08. The summed E-state index contributed by atoms with van der Waals surface area (Å²) in [5.74, 6) is 2.68. The second kappa shape index (κ2) is 9.47. The fraction of sp³-hybridized carbons (Fsp3) is 0.259. The second-order valence-corrected chi connectivity index (χ2v) is 8.45. The predicted octanol–water partition coefficient (Wildman–Crippen LogP) is 5.43. The molecular formula is C27H28N4O3. The van der Waals surface area contributed by atoms with E-state index >= 15 is 0 Å². The van der Waals surface area contributed by atoms with Gasteiger partial charge in [0.05, 0.1) is 25.4 Å². The van der Waals surface area contributed by atoms with Crippen LogP contribution >= 0.6 is 0 Å². The summed E-state index contributed by atoms with van der Waals surface area (Å²) in [6.07, 6.45) is 3.96. The highest BCUT2D eigenvalue weighted by Crippen LogP contribution is 2.33. The van der Waals surface area contributed by atoms with E-state index in [1.807, 2.05) is 59.5 Å². The van der Waals surface area contributed by atoms with Crippen molar-refractivity contribution < 1.29 is 14.3 Å². The van der Waals surface area contributed by atoms with E-state index in [-0.39, 0.29) is 11.9 Å². The van der Waals surface area contributed by atoms with Crippen LogP contribution in [0.3, 0.4) is 0 Å². The Hall–Kier alpha value is -4.00. The van der Waals surface area contributed by atoms with Crippen molar-refractivity contribution in [3.63, 3.8) is 0 Å². The number of imidazole rings is 1. The van der Waals surface area contributed by atoms with Crippen molar-refractivity contribution >= 4 is 17.2 Å². The summed E-state index contributed by atoms with van der Waals surface area (Å²) in [4.78, 5) is 20.0. The highest BCUT2D eigenvalue weighted by molar-refractivity contribution is 5.89. The van der Waals surface area contributed by atoms with Crippen LogP contribution in [0.2, 0.25) is 0 Å². The van der Waals surface area contributed by atoms with E-state index in [9.17, 15) is 4.79 Å². The van der Waals surface area contributed by atoms with Crippen LogP contribution in [-0.4, -0.2) is 47.6 Å². The van der Waals surface area contributed by atoms with Crippen LogP contribution in [0.15, 0.2) is 72.9 Å². The molecule has 1 aliphatic heterocycles. The van der Waals surface area contributed by atoms with Gasteiger partial charge in [0, 0.05) is 36.5 Å². The van der Waals surface area contributed by atoms with E-state index < -0.39 is 0 Å². The zero-order valence-electron chi connectivity index (χ0n) is 19.4. The highest BCUT2D eigenvalue weighted by Gasteiger charge is 2.28. The number of pyridine rings is 1. The number of rotatable bonds is 5. The number of carbonyl (C=O) groups excluding carboxylic acids is 1. The molecule has 1 aliphatic rings. The molecule has 1 saturated heterocycles. The van der Waals surface area contributed by atoms with Crippen molar-refractivity contribution in [1.82, 2.24) is 14.3 Å². The summed E-state index contributed by atoms with van der Waals surface area (Å²) in [5, 5.41) is 3.01. The number of likely N-dealkylation sites (tertiary alicyclic amines) is 1. The minimum Gasteiger partial charge on any atom is -0.497 e. The van der Waals surface area contributed by atoms with Crippen LogP contribution in [0.1, 0.15) is 24.6 Å². The number of methoxy groups -OCH3 is 2. The van der Waals surface area contributed by atoms with E-state index in [1.165, 1.54) is 0 Å². The Bertz CT molecular complexity index is 1300. The maximum atomic E-state index is 13.0. The van der Waals surface area contributed by atoms with Crippen molar-refractivity contribution in [2.24, 2.45) is 0 Å². The molecule has 1 unspecified atom stereocenters. The third-order valence-corrected chi connectivity index (χ3v) is 6.33. The Morgan fingerprint density at radius 2 is 1.82 bits per heavy atom. The Labute approximate surface area is 198 Å². The molecule has 1 atom stereocenters. The van der Waals surface area contributed by atoms with Crippen LogP contribution in [-0.2, 0) is 0 Å². The lowest BCUT2D eigenvalue weighted by atomic mass is 9.97. The molecule has 0 radical (unpaired) electrons.